The van der Waals surface area contributed by atoms with Crippen molar-refractivity contribution in [2.24, 2.45) is 5.73 Å². The zero-order valence-electron chi connectivity index (χ0n) is 10.5. The van der Waals surface area contributed by atoms with Crippen LogP contribution in [0.4, 0.5) is 0 Å². The molecule has 1 aromatic carbocycles. The van der Waals surface area contributed by atoms with Crippen molar-refractivity contribution in [1.82, 2.24) is 4.98 Å². The van der Waals surface area contributed by atoms with E-state index in [0.29, 0.717) is 17.3 Å². The Morgan fingerprint density at radius 2 is 2.11 bits per heavy atom. The van der Waals surface area contributed by atoms with Gasteiger partial charge in [-0.3, -0.25) is 4.98 Å². The van der Waals surface area contributed by atoms with E-state index >= 15 is 0 Å². The third kappa shape index (κ3) is 3.36. The maximum atomic E-state index is 5.88. The second-order valence-electron chi connectivity index (χ2n) is 3.92. The molecule has 2 rings (SSSR count). The number of methoxy groups -OCH3 is 1. The predicted octanol–water partition coefficient (Wildman–Crippen LogP) is 2.82. The predicted molar refractivity (Wildman–Crippen MR) is 74.7 cm³/mol. The third-order valence-corrected chi connectivity index (χ3v) is 2.86. The van der Waals surface area contributed by atoms with Gasteiger partial charge >= 0.3 is 0 Å². The summed E-state index contributed by atoms with van der Waals surface area (Å²) < 4.78 is 11.1. The molecular formula is C14H15ClN2O2. The van der Waals surface area contributed by atoms with Crippen LogP contribution in [-0.4, -0.2) is 18.6 Å². The number of pyridine rings is 1. The number of ether oxygens (including phenoxy) is 2. The number of hydrogen-bond donors (Lipinski definition) is 1. The van der Waals surface area contributed by atoms with E-state index in [0.717, 1.165) is 11.3 Å². The summed E-state index contributed by atoms with van der Waals surface area (Å²) in [5.74, 6) is 1.32. The van der Waals surface area contributed by atoms with Gasteiger partial charge in [0.1, 0.15) is 17.6 Å². The van der Waals surface area contributed by atoms with Crippen molar-refractivity contribution in [2.75, 3.05) is 13.7 Å². The average Bonchev–Trinajstić information content (AvgIpc) is 2.45. The molecule has 0 spiro atoms. The van der Waals surface area contributed by atoms with Gasteiger partial charge in [-0.05, 0) is 6.07 Å². The van der Waals surface area contributed by atoms with Gasteiger partial charge in [-0.25, -0.2) is 0 Å². The SMILES string of the molecule is COc1ccccc1C(CN)Oc1cncc(Cl)c1. The number of hydrogen-bond acceptors (Lipinski definition) is 4. The van der Waals surface area contributed by atoms with Gasteiger partial charge in [0.05, 0.1) is 18.3 Å². The second kappa shape index (κ2) is 6.41. The van der Waals surface area contributed by atoms with E-state index in [2.05, 4.69) is 4.98 Å². The van der Waals surface area contributed by atoms with Crippen LogP contribution in [0.2, 0.25) is 5.02 Å². The monoisotopic (exact) mass is 278 g/mol. The standard InChI is InChI=1S/C14H15ClN2O2/c1-18-13-5-3-2-4-12(13)14(7-16)19-11-6-10(15)8-17-9-11/h2-6,8-9,14H,7,16H2,1H3. The van der Waals surface area contributed by atoms with E-state index < -0.39 is 0 Å². The smallest absolute Gasteiger partial charge is 0.140 e. The third-order valence-electron chi connectivity index (χ3n) is 2.66. The Hall–Kier alpha value is -1.78. The zero-order valence-corrected chi connectivity index (χ0v) is 11.3. The maximum absolute atomic E-state index is 5.88. The quantitative estimate of drug-likeness (QED) is 0.914. The molecule has 0 aliphatic heterocycles. The fourth-order valence-electron chi connectivity index (χ4n) is 1.79. The van der Waals surface area contributed by atoms with E-state index in [1.165, 1.54) is 0 Å². The summed E-state index contributed by atoms with van der Waals surface area (Å²) in [7, 11) is 1.62. The molecule has 2 N–H and O–H groups in total. The number of para-hydroxylation sites is 1. The Labute approximate surface area is 117 Å². The first-order valence-electron chi connectivity index (χ1n) is 5.84. The van der Waals surface area contributed by atoms with Crippen LogP contribution in [0.3, 0.4) is 0 Å². The molecule has 2 aromatic rings. The van der Waals surface area contributed by atoms with Crippen LogP contribution in [0.15, 0.2) is 42.7 Å². The van der Waals surface area contributed by atoms with E-state index in [9.17, 15) is 0 Å². The molecule has 1 aromatic heterocycles. The van der Waals surface area contributed by atoms with Crippen molar-refractivity contribution >= 4 is 11.6 Å². The molecule has 0 bridgehead atoms. The van der Waals surface area contributed by atoms with Crippen LogP contribution < -0.4 is 15.2 Å². The summed E-state index contributed by atoms with van der Waals surface area (Å²) >= 11 is 5.88. The van der Waals surface area contributed by atoms with Crippen molar-refractivity contribution in [3.8, 4) is 11.5 Å². The van der Waals surface area contributed by atoms with E-state index in [1.807, 2.05) is 24.3 Å². The maximum Gasteiger partial charge on any atom is 0.140 e. The lowest BCUT2D eigenvalue weighted by Crippen LogP contribution is -2.19. The topological polar surface area (TPSA) is 57.4 Å². The molecule has 0 radical (unpaired) electrons. The Kier molecular flexibility index (Phi) is 4.60. The molecule has 0 fully saturated rings. The molecule has 1 heterocycles. The van der Waals surface area contributed by atoms with Crippen LogP contribution in [0.1, 0.15) is 11.7 Å². The number of benzene rings is 1. The zero-order chi connectivity index (χ0) is 13.7. The molecule has 100 valence electrons. The lowest BCUT2D eigenvalue weighted by atomic mass is 10.1. The molecule has 1 atom stereocenters. The molecule has 0 saturated carbocycles. The van der Waals surface area contributed by atoms with E-state index in [4.69, 9.17) is 26.8 Å². The number of aromatic nitrogens is 1. The largest absolute Gasteiger partial charge is 0.496 e. The Bertz CT molecular complexity index is 548. The fraction of sp³-hybridized carbons (Fsp3) is 0.214. The van der Waals surface area contributed by atoms with Crippen molar-refractivity contribution in [3.05, 3.63) is 53.3 Å². The lowest BCUT2D eigenvalue weighted by molar-refractivity contribution is 0.208. The van der Waals surface area contributed by atoms with Crippen LogP contribution in [0.5, 0.6) is 11.5 Å². The highest BCUT2D eigenvalue weighted by molar-refractivity contribution is 6.30. The van der Waals surface area contributed by atoms with Gasteiger partial charge in [0.2, 0.25) is 0 Å². The number of nitrogens with two attached hydrogens (primary N) is 1. The van der Waals surface area contributed by atoms with Crippen LogP contribution in [0, 0.1) is 0 Å². The molecule has 0 aliphatic rings. The number of nitrogens with zero attached hydrogens (tertiary/aromatic N) is 1. The minimum atomic E-state index is -0.309. The van der Waals surface area contributed by atoms with Crippen molar-refractivity contribution in [1.29, 1.82) is 0 Å². The molecular weight excluding hydrogens is 264 g/mol. The highest BCUT2D eigenvalue weighted by Crippen LogP contribution is 2.28. The van der Waals surface area contributed by atoms with Crippen molar-refractivity contribution in [2.45, 2.75) is 6.10 Å². The Morgan fingerprint density at radius 1 is 1.32 bits per heavy atom. The Balaban J connectivity index is 2.25. The summed E-state index contributed by atoms with van der Waals surface area (Å²) in [6.07, 6.45) is 2.84. The van der Waals surface area contributed by atoms with Crippen LogP contribution >= 0.6 is 11.6 Å². The number of rotatable bonds is 5. The van der Waals surface area contributed by atoms with Gasteiger partial charge < -0.3 is 15.2 Å². The second-order valence-corrected chi connectivity index (χ2v) is 4.36. The summed E-state index contributed by atoms with van der Waals surface area (Å²) in [5.41, 5.74) is 6.68. The van der Waals surface area contributed by atoms with Gasteiger partial charge in [0, 0.05) is 24.4 Å². The van der Waals surface area contributed by atoms with Crippen molar-refractivity contribution in [3.63, 3.8) is 0 Å². The summed E-state index contributed by atoms with van der Waals surface area (Å²) in [6.45, 7) is 0.326. The highest BCUT2D eigenvalue weighted by Gasteiger charge is 2.16. The minimum absolute atomic E-state index is 0.309. The minimum Gasteiger partial charge on any atom is -0.496 e. The first-order chi connectivity index (χ1) is 9.24. The highest BCUT2D eigenvalue weighted by atomic mass is 35.5. The normalized spacial score (nSPS) is 11.9. The van der Waals surface area contributed by atoms with E-state index in [1.54, 1.807) is 25.6 Å². The Morgan fingerprint density at radius 3 is 2.79 bits per heavy atom. The molecule has 0 saturated heterocycles. The van der Waals surface area contributed by atoms with Gasteiger partial charge in [-0.15, -0.1) is 0 Å². The number of halogens is 1. The summed E-state index contributed by atoms with van der Waals surface area (Å²) in [5, 5.41) is 0.522. The molecule has 0 aliphatic carbocycles. The molecule has 4 nitrogen and oxygen atoms in total. The van der Waals surface area contributed by atoms with Gasteiger partial charge in [0.25, 0.3) is 0 Å². The first kappa shape index (κ1) is 13.6. The molecule has 1 unspecified atom stereocenters. The van der Waals surface area contributed by atoms with Gasteiger partial charge in [0.15, 0.2) is 0 Å². The van der Waals surface area contributed by atoms with Crippen molar-refractivity contribution < 1.29 is 9.47 Å². The van der Waals surface area contributed by atoms with Gasteiger partial charge in [-0.2, -0.15) is 0 Å². The average molecular weight is 279 g/mol. The molecule has 19 heavy (non-hydrogen) atoms. The molecule has 5 heteroatoms. The molecule has 0 amide bonds. The first-order valence-corrected chi connectivity index (χ1v) is 6.22. The lowest BCUT2D eigenvalue weighted by Gasteiger charge is -2.19. The summed E-state index contributed by atoms with van der Waals surface area (Å²) in [6, 6.07) is 9.31. The van der Waals surface area contributed by atoms with Gasteiger partial charge in [-0.1, -0.05) is 29.8 Å². The van der Waals surface area contributed by atoms with Crippen LogP contribution in [0.25, 0.3) is 0 Å². The summed E-state index contributed by atoms with van der Waals surface area (Å²) in [4.78, 5) is 3.98. The van der Waals surface area contributed by atoms with E-state index in [-0.39, 0.29) is 6.10 Å². The fourth-order valence-corrected chi connectivity index (χ4v) is 1.96. The van der Waals surface area contributed by atoms with Crippen LogP contribution in [-0.2, 0) is 0 Å².